The second kappa shape index (κ2) is 9.30. The Hall–Kier alpha value is -4.45. The Kier molecular flexibility index (Phi) is 6.02. The zero-order valence-corrected chi connectivity index (χ0v) is 20.2. The van der Waals surface area contributed by atoms with Crippen LogP contribution in [0.25, 0.3) is 11.0 Å². The van der Waals surface area contributed by atoms with Crippen molar-refractivity contribution in [2.24, 2.45) is 13.0 Å². The molecule has 0 bridgehead atoms. The van der Waals surface area contributed by atoms with Crippen molar-refractivity contribution in [1.82, 2.24) is 14.5 Å². The van der Waals surface area contributed by atoms with Crippen molar-refractivity contribution in [3.63, 3.8) is 0 Å². The number of alkyl halides is 1. The van der Waals surface area contributed by atoms with Crippen LogP contribution in [0.4, 0.5) is 21.7 Å². The molecule has 8 nitrogen and oxygen atoms in total. The number of imidazole rings is 1. The molecule has 184 valence electrons. The maximum absolute atomic E-state index is 14.0. The molecule has 1 saturated carbocycles. The Labute approximate surface area is 209 Å². The molecule has 2 atom stereocenters. The van der Waals surface area contributed by atoms with Crippen molar-refractivity contribution in [2.75, 3.05) is 17.3 Å². The second-order valence-electron chi connectivity index (χ2n) is 8.95. The van der Waals surface area contributed by atoms with E-state index in [4.69, 9.17) is 9.72 Å². The first kappa shape index (κ1) is 23.3. The summed E-state index contributed by atoms with van der Waals surface area (Å²) in [5.41, 5.74) is 4.34. The van der Waals surface area contributed by atoms with Crippen molar-refractivity contribution < 1.29 is 15.3 Å². The Morgan fingerprint density at radius 2 is 2.06 bits per heavy atom. The van der Waals surface area contributed by atoms with Crippen LogP contribution in [0.5, 0.6) is 5.75 Å². The summed E-state index contributed by atoms with van der Waals surface area (Å²) in [6.07, 6.45) is 0.723. The Bertz CT molecular complexity index is 1500. The van der Waals surface area contributed by atoms with E-state index in [9.17, 15) is 14.4 Å². The highest BCUT2D eigenvalue weighted by Gasteiger charge is 2.46. The third-order valence-electron chi connectivity index (χ3n) is 6.37. The van der Waals surface area contributed by atoms with Gasteiger partial charge in [-0.2, -0.15) is 5.26 Å². The molecule has 2 heterocycles. The standard InChI is InChI=1S/C27H25FN6O2.H2/c1-16-4-5-18(13-29)10-22(16)31-24-12-23-25(30-15-33(23)2)26(32-24)34(27(35)20-11-21(20)28)14-17-6-8-19(36-3)9-7-17;/h4-10,12,15,20-21H,11,14H2,1-3H3,(H,31,32);1H/t20-,21+;/m0./s1. The molecule has 5 rings (SSSR count). The molecule has 1 N–H and O–H groups in total. The van der Waals surface area contributed by atoms with E-state index in [2.05, 4.69) is 16.4 Å². The number of carbonyl (C=O) groups is 1. The summed E-state index contributed by atoms with van der Waals surface area (Å²) in [5.74, 6) is 0.533. The van der Waals surface area contributed by atoms with Gasteiger partial charge in [0.15, 0.2) is 5.82 Å². The van der Waals surface area contributed by atoms with Crippen molar-refractivity contribution in [2.45, 2.75) is 26.1 Å². The fourth-order valence-electron chi connectivity index (χ4n) is 4.12. The van der Waals surface area contributed by atoms with Crippen LogP contribution >= 0.6 is 0 Å². The van der Waals surface area contributed by atoms with Gasteiger partial charge in [-0.15, -0.1) is 0 Å². The summed E-state index contributed by atoms with van der Waals surface area (Å²) in [7, 11) is 3.45. The lowest BCUT2D eigenvalue weighted by molar-refractivity contribution is -0.120. The number of hydrogen-bond donors (Lipinski definition) is 1. The molecule has 2 aromatic carbocycles. The van der Waals surface area contributed by atoms with Gasteiger partial charge in [0.2, 0.25) is 5.91 Å². The minimum Gasteiger partial charge on any atom is -0.497 e. The highest BCUT2D eigenvalue weighted by molar-refractivity contribution is 6.03. The number of aryl methyl sites for hydroxylation is 2. The number of halogens is 1. The Morgan fingerprint density at radius 3 is 2.72 bits per heavy atom. The highest BCUT2D eigenvalue weighted by atomic mass is 19.1. The smallest absolute Gasteiger partial charge is 0.234 e. The van der Waals surface area contributed by atoms with Crippen LogP contribution in [-0.4, -0.2) is 33.7 Å². The first-order valence-corrected chi connectivity index (χ1v) is 11.6. The summed E-state index contributed by atoms with van der Waals surface area (Å²) in [6.45, 7) is 2.14. The number of ether oxygens (including phenoxy) is 1. The number of carbonyl (C=O) groups excluding carboxylic acids is 1. The van der Waals surface area contributed by atoms with Gasteiger partial charge in [0, 0.05) is 20.2 Å². The van der Waals surface area contributed by atoms with Gasteiger partial charge >= 0.3 is 0 Å². The number of anilines is 3. The molecule has 1 aliphatic rings. The molecular weight excluding hydrogens is 459 g/mol. The second-order valence-corrected chi connectivity index (χ2v) is 8.95. The van der Waals surface area contributed by atoms with Gasteiger partial charge in [-0.3, -0.25) is 9.69 Å². The number of rotatable bonds is 7. The molecule has 1 amide bonds. The van der Waals surface area contributed by atoms with Gasteiger partial charge in [-0.1, -0.05) is 18.2 Å². The first-order valence-electron chi connectivity index (χ1n) is 11.6. The number of nitrogens with zero attached hydrogens (tertiary/aromatic N) is 5. The number of aromatic nitrogens is 3. The molecule has 0 unspecified atom stereocenters. The average Bonchev–Trinajstić information content (AvgIpc) is 3.52. The highest BCUT2D eigenvalue weighted by Crippen LogP contribution is 2.38. The van der Waals surface area contributed by atoms with Gasteiger partial charge in [-0.05, 0) is 48.7 Å². The number of fused-ring (bicyclic) bond motifs is 1. The van der Waals surface area contributed by atoms with Gasteiger partial charge in [-0.25, -0.2) is 14.4 Å². The van der Waals surface area contributed by atoms with E-state index in [-0.39, 0.29) is 20.3 Å². The lowest BCUT2D eigenvalue weighted by Crippen LogP contribution is -2.33. The van der Waals surface area contributed by atoms with Crippen LogP contribution < -0.4 is 15.0 Å². The number of hydrogen-bond acceptors (Lipinski definition) is 6. The third-order valence-corrected chi connectivity index (χ3v) is 6.37. The summed E-state index contributed by atoms with van der Waals surface area (Å²) >= 11 is 0. The van der Waals surface area contributed by atoms with Crippen LogP contribution in [0.2, 0.25) is 0 Å². The largest absolute Gasteiger partial charge is 0.497 e. The van der Waals surface area contributed by atoms with E-state index in [1.807, 2.05) is 54.9 Å². The maximum Gasteiger partial charge on any atom is 0.234 e. The third kappa shape index (κ3) is 4.45. The van der Waals surface area contributed by atoms with E-state index in [0.717, 1.165) is 22.3 Å². The molecule has 1 aliphatic carbocycles. The Balaban J connectivity index is 0.00000320. The molecule has 36 heavy (non-hydrogen) atoms. The molecule has 9 heteroatoms. The monoisotopic (exact) mass is 486 g/mol. The number of nitrogens with one attached hydrogen (secondary N) is 1. The number of pyridine rings is 1. The lowest BCUT2D eigenvalue weighted by atomic mass is 10.1. The Morgan fingerprint density at radius 1 is 1.31 bits per heavy atom. The fourth-order valence-corrected chi connectivity index (χ4v) is 4.12. The van der Waals surface area contributed by atoms with E-state index >= 15 is 0 Å². The van der Waals surface area contributed by atoms with Gasteiger partial charge in [0.05, 0.1) is 43.0 Å². The van der Waals surface area contributed by atoms with Crippen molar-refractivity contribution in [3.05, 3.63) is 71.5 Å². The van der Waals surface area contributed by atoms with Crippen LogP contribution in [0.1, 0.15) is 24.5 Å². The zero-order chi connectivity index (χ0) is 25.4. The van der Waals surface area contributed by atoms with Crippen LogP contribution in [0.3, 0.4) is 0 Å². The normalized spacial score (nSPS) is 16.4. The maximum atomic E-state index is 14.0. The molecule has 1 fully saturated rings. The zero-order valence-electron chi connectivity index (χ0n) is 20.2. The minimum atomic E-state index is -1.15. The van der Waals surface area contributed by atoms with Gasteiger partial charge in [0.1, 0.15) is 23.3 Å². The van der Waals surface area contributed by atoms with E-state index in [1.165, 1.54) is 4.90 Å². The molecular formula is C27H27FN6O2. The van der Waals surface area contributed by atoms with E-state index in [0.29, 0.717) is 28.5 Å². The fraction of sp³-hybridized carbons (Fsp3) is 0.259. The lowest BCUT2D eigenvalue weighted by Gasteiger charge is -2.23. The van der Waals surface area contributed by atoms with Crippen LogP contribution in [0.15, 0.2) is 54.9 Å². The predicted molar refractivity (Wildman–Crippen MR) is 137 cm³/mol. The number of benzene rings is 2. The summed E-state index contributed by atoms with van der Waals surface area (Å²) < 4.78 is 21.1. The van der Waals surface area contributed by atoms with Crippen molar-refractivity contribution in [3.8, 4) is 11.8 Å². The van der Waals surface area contributed by atoms with E-state index in [1.54, 1.807) is 25.6 Å². The number of nitriles is 1. The number of amides is 1. The van der Waals surface area contributed by atoms with Gasteiger partial charge < -0.3 is 14.6 Å². The summed E-state index contributed by atoms with van der Waals surface area (Å²) in [5, 5.41) is 12.6. The average molecular weight is 487 g/mol. The van der Waals surface area contributed by atoms with Crippen molar-refractivity contribution in [1.29, 1.82) is 5.26 Å². The van der Waals surface area contributed by atoms with Crippen LogP contribution in [-0.2, 0) is 18.4 Å². The van der Waals surface area contributed by atoms with E-state index < -0.39 is 12.1 Å². The number of methoxy groups -OCH3 is 1. The SMILES string of the molecule is COc1ccc(CN(C(=O)[C@H]2C[C@H]2F)c2nc(Nc3cc(C#N)ccc3C)cc3c2ncn3C)cc1.[HH]. The van der Waals surface area contributed by atoms with Crippen molar-refractivity contribution >= 4 is 34.3 Å². The summed E-state index contributed by atoms with van der Waals surface area (Å²) in [4.78, 5) is 24.2. The topological polar surface area (TPSA) is 96.1 Å². The molecule has 4 aromatic rings. The molecule has 2 aromatic heterocycles. The minimum absolute atomic E-state index is 0. The predicted octanol–water partition coefficient (Wildman–Crippen LogP) is 5.04. The van der Waals surface area contributed by atoms with Gasteiger partial charge in [0.25, 0.3) is 0 Å². The molecule has 0 spiro atoms. The van der Waals surface area contributed by atoms with Crippen LogP contribution in [0, 0.1) is 24.2 Å². The summed E-state index contributed by atoms with van der Waals surface area (Å²) in [6, 6.07) is 16.7. The molecule has 0 saturated heterocycles. The first-order chi connectivity index (χ1) is 17.4. The molecule has 0 radical (unpaired) electrons. The molecule has 0 aliphatic heterocycles. The quantitative estimate of drug-likeness (QED) is 0.393.